The van der Waals surface area contributed by atoms with Crippen molar-refractivity contribution in [3.05, 3.63) is 45.9 Å². The van der Waals surface area contributed by atoms with E-state index in [4.69, 9.17) is 27.9 Å². The zero-order chi connectivity index (χ0) is 17.6. The van der Waals surface area contributed by atoms with Crippen molar-refractivity contribution in [2.45, 2.75) is 0 Å². The van der Waals surface area contributed by atoms with Crippen molar-refractivity contribution < 1.29 is 9.53 Å². The number of carbonyl (C=O) groups excluding carboxylic acids is 1. The molecule has 0 saturated carbocycles. The van der Waals surface area contributed by atoms with Crippen LogP contribution in [-0.2, 0) is 0 Å². The summed E-state index contributed by atoms with van der Waals surface area (Å²) in [5.74, 6) is -0.334. The van der Waals surface area contributed by atoms with Crippen LogP contribution in [0.25, 0.3) is 20.4 Å². The second kappa shape index (κ2) is 6.42. The van der Waals surface area contributed by atoms with E-state index >= 15 is 0 Å². The van der Waals surface area contributed by atoms with Gasteiger partial charge in [-0.3, -0.25) is 10.1 Å². The number of carbonyl (C=O) groups is 1. The Labute approximate surface area is 160 Å². The molecule has 0 unspecified atom stereocenters. The van der Waals surface area contributed by atoms with Gasteiger partial charge in [-0.05, 0) is 30.3 Å². The predicted molar refractivity (Wildman–Crippen MR) is 104 cm³/mol. The largest absolute Gasteiger partial charge is 0.473 e. The fraction of sp³-hybridized carbons (Fsp3) is 0.0625. The molecule has 0 bridgehead atoms. The Balaban J connectivity index is 1.70. The lowest BCUT2D eigenvalue weighted by molar-refractivity contribution is 0.102. The number of hydrogen-bond acceptors (Lipinski definition) is 6. The van der Waals surface area contributed by atoms with Crippen molar-refractivity contribution in [2.24, 2.45) is 0 Å². The van der Waals surface area contributed by atoms with Crippen LogP contribution in [0.2, 0.25) is 10.0 Å². The molecule has 0 fully saturated rings. The van der Waals surface area contributed by atoms with Gasteiger partial charge in [0.15, 0.2) is 5.13 Å². The third kappa shape index (κ3) is 3.04. The van der Waals surface area contributed by atoms with E-state index in [-0.39, 0.29) is 5.91 Å². The number of nitrogens with zero attached hydrogens (tertiary/aromatic N) is 2. The highest BCUT2D eigenvalue weighted by molar-refractivity contribution is 7.29. The van der Waals surface area contributed by atoms with E-state index in [1.165, 1.54) is 28.7 Å². The minimum Gasteiger partial charge on any atom is -0.473 e. The normalized spacial score (nSPS) is 11.2. The molecule has 0 saturated heterocycles. The first-order valence-electron chi connectivity index (χ1n) is 7.05. The molecule has 1 N–H and O–H groups in total. The molecule has 0 atom stereocenters. The van der Waals surface area contributed by atoms with Crippen LogP contribution in [0.4, 0.5) is 5.13 Å². The molecule has 2 aromatic heterocycles. The number of amides is 1. The van der Waals surface area contributed by atoms with Crippen LogP contribution in [0.15, 0.2) is 30.3 Å². The first-order chi connectivity index (χ1) is 12.0. The quantitative estimate of drug-likeness (QED) is 0.486. The van der Waals surface area contributed by atoms with E-state index in [0.29, 0.717) is 25.9 Å². The summed E-state index contributed by atoms with van der Waals surface area (Å²) in [5.41, 5.74) is 1.98. The van der Waals surface area contributed by atoms with Gasteiger partial charge in [0.05, 0.1) is 38.1 Å². The van der Waals surface area contributed by atoms with Gasteiger partial charge in [-0.2, -0.15) is 0 Å². The van der Waals surface area contributed by atoms with Crippen molar-refractivity contribution in [3.8, 4) is 5.19 Å². The van der Waals surface area contributed by atoms with Gasteiger partial charge in [0, 0.05) is 5.02 Å². The van der Waals surface area contributed by atoms with Gasteiger partial charge in [0.2, 0.25) is 0 Å². The number of rotatable bonds is 3. The van der Waals surface area contributed by atoms with Gasteiger partial charge < -0.3 is 4.74 Å². The Morgan fingerprint density at radius 3 is 2.52 bits per heavy atom. The summed E-state index contributed by atoms with van der Waals surface area (Å²) in [6.45, 7) is 0. The molecular weight excluding hydrogens is 401 g/mol. The fourth-order valence-electron chi connectivity index (χ4n) is 2.33. The van der Waals surface area contributed by atoms with Crippen molar-refractivity contribution >= 4 is 77.3 Å². The molecule has 1 amide bonds. The van der Waals surface area contributed by atoms with E-state index in [1.54, 1.807) is 19.2 Å². The summed E-state index contributed by atoms with van der Waals surface area (Å²) < 4.78 is 7.13. The van der Waals surface area contributed by atoms with Gasteiger partial charge >= 0.3 is 0 Å². The maximum atomic E-state index is 12.4. The number of aromatic nitrogens is 2. The smallest absolute Gasteiger partial charge is 0.274 e. The Bertz CT molecular complexity index is 1120. The Hall–Kier alpha value is -1.93. The SMILES string of the molecule is COc1nc2ccc3nc(NC(=O)c4ccc(Cl)cc4Cl)sc3c2s1. The van der Waals surface area contributed by atoms with E-state index < -0.39 is 0 Å². The van der Waals surface area contributed by atoms with Crippen molar-refractivity contribution in [1.82, 2.24) is 9.97 Å². The number of benzene rings is 2. The highest BCUT2D eigenvalue weighted by atomic mass is 35.5. The van der Waals surface area contributed by atoms with E-state index in [9.17, 15) is 4.79 Å². The van der Waals surface area contributed by atoms with Crippen LogP contribution in [0.1, 0.15) is 10.4 Å². The second-order valence-corrected chi connectivity index (χ2v) is 7.85. The molecule has 2 aromatic carbocycles. The van der Waals surface area contributed by atoms with Crippen LogP contribution in [-0.4, -0.2) is 23.0 Å². The summed E-state index contributed by atoms with van der Waals surface area (Å²) in [4.78, 5) is 21.3. The molecule has 4 aromatic rings. The highest BCUT2D eigenvalue weighted by Gasteiger charge is 2.16. The maximum absolute atomic E-state index is 12.4. The number of hydrogen-bond donors (Lipinski definition) is 1. The van der Waals surface area contributed by atoms with Crippen LogP contribution >= 0.6 is 45.9 Å². The third-order valence-electron chi connectivity index (χ3n) is 3.46. The predicted octanol–water partition coefficient (Wildman–Crippen LogP) is 5.47. The molecule has 0 aliphatic carbocycles. The third-order valence-corrected chi connectivity index (χ3v) is 6.19. The standard InChI is InChI=1S/C16H9Cl2N3O2S2/c1-23-16-20-11-5-4-10-12(13(11)25-16)24-15(19-10)21-14(22)8-3-2-7(17)6-9(8)18/h2-6H,1H3,(H,19,21,22). The Morgan fingerprint density at radius 1 is 1.08 bits per heavy atom. The van der Waals surface area contributed by atoms with Gasteiger partial charge in [-0.1, -0.05) is 45.9 Å². The molecule has 0 radical (unpaired) electrons. The first-order valence-corrected chi connectivity index (χ1v) is 9.44. The van der Waals surface area contributed by atoms with Crippen molar-refractivity contribution in [2.75, 3.05) is 12.4 Å². The Kier molecular flexibility index (Phi) is 4.24. The van der Waals surface area contributed by atoms with Crippen LogP contribution in [0, 0.1) is 0 Å². The fourth-order valence-corrected chi connectivity index (χ4v) is 4.79. The van der Waals surface area contributed by atoms with Gasteiger partial charge in [0.1, 0.15) is 0 Å². The minimum absolute atomic E-state index is 0.292. The number of thiazole rings is 2. The number of halogens is 2. The average Bonchev–Trinajstić information content (AvgIpc) is 3.16. The summed E-state index contributed by atoms with van der Waals surface area (Å²) in [6.07, 6.45) is 0. The summed E-state index contributed by atoms with van der Waals surface area (Å²) in [6, 6.07) is 8.49. The minimum atomic E-state index is -0.334. The van der Waals surface area contributed by atoms with E-state index in [2.05, 4.69) is 15.3 Å². The lowest BCUT2D eigenvalue weighted by atomic mass is 10.2. The van der Waals surface area contributed by atoms with Crippen LogP contribution in [0.5, 0.6) is 5.19 Å². The molecule has 25 heavy (non-hydrogen) atoms. The number of methoxy groups -OCH3 is 1. The van der Waals surface area contributed by atoms with Crippen LogP contribution in [0.3, 0.4) is 0 Å². The molecular formula is C16H9Cl2N3O2S2. The van der Waals surface area contributed by atoms with Crippen molar-refractivity contribution in [1.29, 1.82) is 0 Å². The van der Waals surface area contributed by atoms with E-state index in [0.717, 1.165) is 20.4 Å². The van der Waals surface area contributed by atoms with Crippen molar-refractivity contribution in [3.63, 3.8) is 0 Å². The highest BCUT2D eigenvalue weighted by Crippen LogP contribution is 2.38. The first kappa shape index (κ1) is 16.5. The monoisotopic (exact) mass is 409 g/mol. The molecule has 0 spiro atoms. The number of fused-ring (bicyclic) bond motifs is 3. The van der Waals surface area contributed by atoms with Gasteiger partial charge in [0.25, 0.3) is 11.1 Å². The Morgan fingerprint density at radius 2 is 1.80 bits per heavy atom. The molecule has 9 heteroatoms. The summed E-state index contributed by atoms with van der Waals surface area (Å²) >= 11 is 14.8. The number of nitrogens with one attached hydrogen (secondary N) is 1. The summed E-state index contributed by atoms with van der Waals surface area (Å²) in [5, 5.41) is 4.64. The summed E-state index contributed by atoms with van der Waals surface area (Å²) in [7, 11) is 1.59. The zero-order valence-corrected chi connectivity index (χ0v) is 15.8. The number of anilines is 1. The average molecular weight is 410 g/mol. The second-order valence-electron chi connectivity index (χ2n) is 5.04. The molecule has 2 heterocycles. The molecule has 5 nitrogen and oxygen atoms in total. The van der Waals surface area contributed by atoms with Gasteiger partial charge in [-0.25, -0.2) is 9.97 Å². The van der Waals surface area contributed by atoms with E-state index in [1.807, 2.05) is 12.1 Å². The maximum Gasteiger partial charge on any atom is 0.274 e. The van der Waals surface area contributed by atoms with Crippen LogP contribution < -0.4 is 10.1 Å². The molecule has 126 valence electrons. The molecule has 4 rings (SSSR count). The lowest BCUT2D eigenvalue weighted by Gasteiger charge is -2.04. The lowest BCUT2D eigenvalue weighted by Crippen LogP contribution is -2.12. The number of ether oxygens (including phenoxy) is 1. The molecule has 0 aliphatic rings. The zero-order valence-electron chi connectivity index (χ0n) is 12.7. The van der Waals surface area contributed by atoms with Gasteiger partial charge in [-0.15, -0.1) is 0 Å². The topological polar surface area (TPSA) is 64.1 Å². The molecule has 0 aliphatic heterocycles.